The van der Waals surface area contributed by atoms with Gasteiger partial charge in [0.1, 0.15) is 5.44 Å². The summed E-state index contributed by atoms with van der Waals surface area (Å²) in [5.74, 6) is 1.36. The van der Waals surface area contributed by atoms with E-state index in [2.05, 4.69) is 0 Å². The topological polar surface area (TPSA) is 115 Å². The second-order valence-electron chi connectivity index (χ2n) is 2.63. The van der Waals surface area contributed by atoms with Crippen molar-refractivity contribution in [3.8, 4) is 0 Å². The third-order valence-electron chi connectivity index (χ3n) is 1.29. The second-order valence-corrected chi connectivity index (χ2v) is 6.44. The Hall–Kier alpha value is 0.560. The van der Waals surface area contributed by atoms with Crippen LogP contribution in [-0.4, -0.2) is 46.3 Å². The highest BCUT2D eigenvalue weighted by Gasteiger charge is 2.17. The molecule has 0 aromatic rings. The van der Waals surface area contributed by atoms with Crippen molar-refractivity contribution < 1.29 is 9.90 Å². The van der Waals surface area contributed by atoms with Crippen molar-refractivity contribution in [1.82, 2.24) is 0 Å². The quantitative estimate of drug-likeness (QED) is 0.257. The number of aliphatic hydroxyl groups excluding tert-OH is 1. The van der Waals surface area contributed by atoms with Crippen LogP contribution in [0.2, 0.25) is 0 Å². The summed E-state index contributed by atoms with van der Waals surface area (Å²) in [5.41, 5.74) is 15.2. The van der Waals surface area contributed by atoms with Gasteiger partial charge in [-0.05, 0) is 0 Å². The number of nitrogens with two attached hydrogens (primary N) is 3. The molecule has 0 aromatic carbocycles. The van der Waals surface area contributed by atoms with Gasteiger partial charge in [0.25, 0.3) is 0 Å². The molecule has 0 radical (unpaired) electrons. The molecular weight excluding hydrogens is 254 g/mol. The van der Waals surface area contributed by atoms with E-state index < -0.39 is 11.5 Å². The third kappa shape index (κ3) is 8.38. The predicted molar refractivity (Wildman–Crippen MR) is 69.6 cm³/mol. The van der Waals surface area contributed by atoms with Gasteiger partial charge < -0.3 is 22.3 Å². The number of aliphatic hydroxyl groups is 1. The van der Waals surface area contributed by atoms with Gasteiger partial charge in [-0.1, -0.05) is 33.3 Å². The lowest BCUT2D eigenvalue weighted by atomic mass is 10.4. The van der Waals surface area contributed by atoms with E-state index in [1.165, 1.54) is 10.8 Å². The summed E-state index contributed by atoms with van der Waals surface area (Å²) in [6.45, 7) is 0.666. The SMILES string of the molecule is NCCSSCC(N)C(=O)SC(O)CN. The summed E-state index contributed by atoms with van der Waals surface area (Å²) >= 11 is 0.791. The van der Waals surface area contributed by atoms with Gasteiger partial charge in [-0.3, -0.25) is 4.79 Å². The molecule has 2 atom stereocenters. The summed E-state index contributed by atoms with van der Waals surface area (Å²) < 4.78 is 0. The van der Waals surface area contributed by atoms with Crippen LogP contribution < -0.4 is 17.2 Å². The number of carbonyl (C=O) groups is 1. The fraction of sp³-hybridized carbons (Fsp3) is 0.857. The maximum atomic E-state index is 11.4. The molecule has 90 valence electrons. The zero-order valence-corrected chi connectivity index (χ0v) is 10.7. The van der Waals surface area contributed by atoms with Crippen molar-refractivity contribution >= 4 is 38.5 Å². The molecule has 0 saturated carbocycles. The van der Waals surface area contributed by atoms with Crippen molar-refractivity contribution in [3.05, 3.63) is 0 Å². The Balaban J connectivity index is 3.60. The number of hydrogen-bond acceptors (Lipinski definition) is 8. The van der Waals surface area contributed by atoms with Crippen LogP contribution >= 0.6 is 33.3 Å². The Morgan fingerprint density at radius 2 is 2.00 bits per heavy atom. The van der Waals surface area contributed by atoms with Crippen LogP contribution in [-0.2, 0) is 4.79 Å². The fourth-order valence-corrected chi connectivity index (χ4v) is 3.27. The second kappa shape index (κ2) is 9.76. The minimum absolute atomic E-state index is 0.0538. The zero-order valence-electron chi connectivity index (χ0n) is 8.30. The molecule has 0 saturated heterocycles. The first-order valence-electron chi connectivity index (χ1n) is 4.40. The van der Waals surface area contributed by atoms with Crippen LogP contribution in [0.3, 0.4) is 0 Å². The van der Waals surface area contributed by atoms with E-state index in [9.17, 15) is 4.79 Å². The van der Waals surface area contributed by atoms with E-state index in [4.69, 9.17) is 22.3 Å². The predicted octanol–water partition coefficient (Wildman–Crippen LogP) is -0.809. The molecule has 0 aliphatic carbocycles. The molecule has 5 nitrogen and oxygen atoms in total. The molecule has 2 unspecified atom stereocenters. The Morgan fingerprint density at radius 3 is 2.53 bits per heavy atom. The average molecular weight is 271 g/mol. The van der Waals surface area contributed by atoms with Gasteiger partial charge in [0.2, 0.25) is 5.12 Å². The van der Waals surface area contributed by atoms with Crippen LogP contribution in [0, 0.1) is 0 Å². The van der Waals surface area contributed by atoms with Crippen LogP contribution in [0.5, 0.6) is 0 Å². The largest absolute Gasteiger partial charge is 0.381 e. The first-order valence-corrected chi connectivity index (χ1v) is 7.77. The smallest absolute Gasteiger partial charge is 0.209 e. The molecule has 0 bridgehead atoms. The monoisotopic (exact) mass is 271 g/mol. The normalized spacial score (nSPS) is 14.9. The van der Waals surface area contributed by atoms with Crippen molar-refractivity contribution in [2.24, 2.45) is 17.2 Å². The van der Waals surface area contributed by atoms with Crippen molar-refractivity contribution in [2.75, 3.05) is 24.6 Å². The summed E-state index contributed by atoms with van der Waals surface area (Å²) in [6, 6.07) is -0.563. The van der Waals surface area contributed by atoms with Gasteiger partial charge >= 0.3 is 0 Å². The average Bonchev–Trinajstić information content (AvgIpc) is 2.23. The van der Waals surface area contributed by atoms with E-state index in [0.29, 0.717) is 12.3 Å². The highest BCUT2D eigenvalue weighted by Crippen LogP contribution is 2.22. The number of thioether (sulfide) groups is 1. The molecule has 0 aliphatic rings. The maximum absolute atomic E-state index is 11.4. The molecule has 0 rings (SSSR count). The fourth-order valence-electron chi connectivity index (χ4n) is 0.566. The minimum atomic E-state index is -0.856. The molecular formula is C7H17N3O2S3. The Bertz CT molecular complexity index is 185. The number of hydrogen-bond donors (Lipinski definition) is 4. The Labute approximate surface area is 102 Å². The van der Waals surface area contributed by atoms with Gasteiger partial charge in [0.15, 0.2) is 0 Å². The van der Waals surface area contributed by atoms with Gasteiger partial charge in [-0.2, -0.15) is 0 Å². The van der Waals surface area contributed by atoms with Gasteiger partial charge in [-0.25, -0.2) is 0 Å². The third-order valence-corrected chi connectivity index (χ3v) is 4.76. The molecule has 0 fully saturated rings. The summed E-state index contributed by atoms with van der Waals surface area (Å²) in [6.07, 6.45) is 0. The molecule has 0 amide bonds. The van der Waals surface area contributed by atoms with Gasteiger partial charge in [0.05, 0.1) is 6.04 Å². The van der Waals surface area contributed by atoms with Crippen LogP contribution in [0.15, 0.2) is 0 Å². The Morgan fingerprint density at radius 1 is 1.33 bits per heavy atom. The number of carbonyl (C=O) groups excluding carboxylic acids is 1. The van der Waals surface area contributed by atoms with Crippen LogP contribution in [0.1, 0.15) is 0 Å². The molecule has 0 aliphatic heterocycles. The summed E-state index contributed by atoms with van der Waals surface area (Å²) in [4.78, 5) is 11.4. The molecule has 0 aromatic heterocycles. The maximum Gasteiger partial charge on any atom is 0.209 e. The van der Waals surface area contributed by atoms with Gasteiger partial charge in [0, 0.05) is 24.6 Å². The van der Waals surface area contributed by atoms with E-state index in [0.717, 1.165) is 17.5 Å². The van der Waals surface area contributed by atoms with E-state index >= 15 is 0 Å². The number of rotatable bonds is 8. The van der Waals surface area contributed by atoms with E-state index in [1.807, 2.05) is 0 Å². The lowest BCUT2D eigenvalue weighted by Crippen LogP contribution is -2.33. The lowest BCUT2D eigenvalue weighted by molar-refractivity contribution is -0.111. The standard InChI is InChI=1S/C7H17N3O2S3/c8-1-2-13-14-4-5(10)7(12)15-6(11)3-9/h5-6,11H,1-4,8-10H2. The van der Waals surface area contributed by atoms with Crippen molar-refractivity contribution in [3.63, 3.8) is 0 Å². The van der Waals surface area contributed by atoms with E-state index in [-0.39, 0.29) is 11.7 Å². The minimum Gasteiger partial charge on any atom is -0.381 e. The molecule has 0 heterocycles. The first kappa shape index (κ1) is 15.6. The molecule has 7 N–H and O–H groups in total. The zero-order chi connectivity index (χ0) is 11.7. The first-order chi connectivity index (χ1) is 7.11. The van der Waals surface area contributed by atoms with Crippen molar-refractivity contribution in [1.29, 1.82) is 0 Å². The lowest BCUT2D eigenvalue weighted by Gasteiger charge is -2.11. The summed E-state index contributed by atoms with van der Waals surface area (Å²) in [7, 11) is 3.10. The molecule has 0 spiro atoms. The van der Waals surface area contributed by atoms with Crippen LogP contribution in [0.4, 0.5) is 0 Å². The molecule has 8 heteroatoms. The summed E-state index contributed by atoms with van der Waals surface area (Å²) in [5, 5.41) is 8.89. The van der Waals surface area contributed by atoms with Crippen molar-refractivity contribution in [2.45, 2.75) is 11.5 Å². The molecule has 15 heavy (non-hydrogen) atoms. The highest BCUT2D eigenvalue weighted by molar-refractivity contribution is 8.76. The van der Waals surface area contributed by atoms with Crippen LogP contribution in [0.25, 0.3) is 0 Å². The van der Waals surface area contributed by atoms with Gasteiger partial charge in [-0.15, -0.1) is 0 Å². The Kier molecular flexibility index (Phi) is 10.1. The van der Waals surface area contributed by atoms with E-state index in [1.54, 1.807) is 10.8 Å². The highest BCUT2D eigenvalue weighted by atomic mass is 33.1.